The average molecular weight is 398 g/mol. The number of hydrogen-bond acceptors (Lipinski definition) is 3. The smallest absolute Gasteiger partial charge is 0.325 e. The van der Waals surface area contributed by atoms with E-state index in [2.05, 4.69) is 26.1 Å². The van der Waals surface area contributed by atoms with E-state index in [1.165, 1.54) is 0 Å². The van der Waals surface area contributed by atoms with Crippen molar-refractivity contribution in [3.05, 3.63) is 35.9 Å². The van der Waals surface area contributed by atoms with Crippen molar-refractivity contribution in [3.8, 4) is 0 Å². The van der Waals surface area contributed by atoms with Gasteiger partial charge in [-0.1, -0.05) is 58.0 Å². The van der Waals surface area contributed by atoms with Crippen molar-refractivity contribution in [1.82, 2.24) is 15.1 Å². The highest BCUT2D eigenvalue weighted by Gasteiger charge is 2.54. The maximum atomic E-state index is 13.3. The van der Waals surface area contributed by atoms with E-state index in [9.17, 15) is 14.4 Å². The summed E-state index contributed by atoms with van der Waals surface area (Å²) < 4.78 is 0. The molecule has 0 radical (unpaired) electrons. The van der Waals surface area contributed by atoms with Crippen LogP contribution in [-0.2, 0) is 15.1 Å². The van der Waals surface area contributed by atoms with Crippen LogP contribution in [0.15, 0.2) is 30.3 Å². The second-order valence-corrected chi connectivity index (χ2v) is 10.2. The van der Waals surface area contributed by atoms with E-state index in [1.54, 1.807) is 0 Å². The van der Waals surface area contributed by atoms with E-state index in [1.807, 2.05) is 42.2 Å². The standard InChI is InChI=1S/C23H31N3O3/c1-5-23(16-9-7-6-8-10-16)19(28)25(20(29)24-23)13-18(27)26-15-22(4)12-17(26)11-21(2,3)14-22/h6-10,17H,5,11-15H2,1-4H3,(H,24,29)/t17-,22-,23-/m0/s1. The van der Waals surface area contributed by atoms with Crippen LogP contribution in [-0.4, -0.2) is 46.8 Å². The Kier molecular flexibility index (Phi) is 4.52. The molecule has 1 aliphatic carbocycles. The molecule has 6 nitrogen and oxygen atoms in total. The van der Waals surface area contributed by atoms with E-state index in [0.717, 1.165) is 29.7 Å². The quantitative estimate of drug-likeness (QED) is 0.793. The SMILES string of the molecule is CC[C@@]1(c2ccccc2)NC(=O)N(CC(=O)N2C[C@@]3(C)C[C@@H]2CC(C)(C)C3)C1=O. The molecule has 6 heteroatoms. The van der Waals surface area contributed by atoms with E-state index < -0.39 is 11.6 Å². The van der Waals surface area contributed by atoms with Gasteiger partial charge in [-0.3, -0.25) is 14.5 Å². The van der Waals surface area contributed by atoms with Crippen LogP contribution >= 0.6 is 0 Å². The summed E-state index contributed by atoms with van der Waals surface area (Å²) >= 11 is 0. The van der Waals surface area contributed by atoms with Crippen molar-refractivity contribution < 1.29 is 14.4 Å². The molecule has 29 heavy (non-hydrogen) atoms. The van der Waals surface area contributed by atoms with E-state index in [4.69, 9.17) is 0 Å². The topological polar surface area (TPSA) is 69.7 Å². The number of nitrogens with one attached hydrogen (secondary N) is 1. The summed E-state index contributed by atoms with van der Waals surface area (Å²) in [5.41, 5.74) is -0.00970. The number of fused-ring (bicyclic) bond motifs is 2. The van der Waals surface area contributed by atoms with Crippen molar-refractivity contribution in [3.63, 3.8) is 0 Å². The number of nitrogens with zero attached hydrogens (tertiary/aromatic N) is 2. The summed E-state index contributed by atoms with van der Waals surface area (Å²) in [4.78, 5) is 42.2. The highest BCUT2D eigenvalue weighted by molar-refractivity contribution is 6.09. The predicted octanol–water partition coefficient (Wildman–Crippen LogP) is 3.27. The molecule has 3 atom stereocenters. The second kappa shape index (κ2) is 6.57. The fourth-order valence-corrected chi connectivity index (χ4v) is 6.11. The maximum Gasteiger partial charge on any atom is 0.325 e. The zero-order valence-electron chi connectivity index (χ0n) is 17.8. The molecule has 2 saturated heterocycles. The number of hydrogen-bond donors (Lipinski definition) is 1. The van der Waals surface area contributed by atoms with Crippen LogP contribution in [0.2, 0.25) is 0 Å². The van der Waals surface area contributed by atoms with Crippen LogP contribution < -0.4 is 5.32 Å². The molecule has 156 valence electrons. The lowest BCUT2D eigenvalue weighted by Gasteiger charge is -2.39. The van der Waals surface area contributed by atoms with Crippen LogP contribution in [0, 0.1) is 10.8 Å². The molecular weight excluding hydrogens is 366 g/mol. The largest absolute Gasteiger partial charge is 0.338 e. The monoisotopic (exact) mass is 397 g/mol. The van der Waals surface area contributed by atoms with Crippen molar-refractivity contribution in [2.75, 3.05) is 13.1 Å². The van der Waals surface area contributed by atoms with Crippen LogP contribution in [0.3, 0.4) is 0 Å². The summed E-state index contributed by atoms with van der Waals surface area (Å²) in [5, 5.41) is 2.86. The minimum atomic E-state index is -1.09. The molecule has 2 aliphatic heterocycles. The van der Waals surface area contributed by atoms with Gasteiger partial charge < -0.3 is 10.2 Å². The molecule has 2 bridgehead atoms. The zero-order chi connectivity index (χ0) is 21.0. The highest BCUT2D eigenvalue weighted by Crippen LogP contribution is 2.52. The Labute approximate surface area is 172 Å². The first-order valence-corrected chi connectivity index (χ1v) is 10.6. The van der Waals surface area contributed by atoms with Crippen LogP contribution in [0.5, 0.6) is 0 Å². The Bertz CT molecular complexity index is 852. The number of likely N-dealkylation sites (tertiary alicyclic amines) is 1. The summed E-state index contributed by atoms with van der Waals surface area (Å²) in [7, 11) is 0. The molecular formula is C23H31N3O3. The van der Waals surface area contributed by atoms with E-state index in [0.29, 0.717) is 13.0 Å². The molecule has 2 heterocycles. The lowest BCUT2D eigenvalue weighted by Crippen LogP contribution is -2.46. The highest BCUT2D eigenvalue weighted by atomic mass is 16.2. The summed E-state index contributed by atoms with van der Waals surface area (Å²) in [6.45, 7) is 9.17. The Hall–Kier alpha value is -2.37. The molecule has 1 aromatic rings. The number of benzene rings is 1. The number of carbonyl (C=O) groups excluding carboxylic acids is 3. The molecule has 0 unspecified atom stereocenters. The molecule has 1 saturated carbocycles. The van der Waals surface area contributed by atoms with Crippen LogP contribution in [0.25, 0.3) is 0 Å². The van der Waals surface area contributed by atoms with E-state index >= 15 is 0 Å². The summed E-state index contributed by atoms with van der Waals surface area (Å²) in [6, 6.07) is 8.99. The molecule has 0 aromatic heterocycles. The van der Waals surface area contributed by atoms with Gasteiger partial charge in [0.15, 0.2) is 0 Å². The van der Waals surface area contributed by atoms with Gasteiger partial charge in [0.1, 0.15) is 12.1 Å². The molecule has 0 spiro atoms. The van der Waals surface area contributed by atoms with Gasteiger partial charge in [-0.15, -0.1) is 0 Å². The summed E-state index contributed by atoms with van der Waals surface area (Å²) in [5.74, 6) is -0.460. The van der Waals surface area contributed by atoms with Gasteiger partial charge in [0, 0.05) is 12.6 Å². The Morgan fingerprint density at radius 2 is 1.83 bits per heavy atom. The molecule has 4 amide bonds. The molecule has 4 rings (SSSR count). The number of amides is 4. The molecule has 1 N–H and O–H groups in total. The average Bonchev–Trinajstić information content (AvgIpc) is 3.06. The second-order valence-electron chi connectivity index (χ2n) is 10.2. The van der Waals surface area contributed by atoms with Gasteiger partial charge in [-0.25, -0.2) is 4.79 Å². The van der Waals surface area contributed by atoms with Gasteiger partial charge >= 0.3 is 6.03 Å². The molecule has 1 aromatic carbocycles. The Morgan fingerprint density at radius 1 is 1.14 bits per heavy atom. The summed E-state index contributed by atoms with van der Waals surface area (Å²) in [6.07, 6.45) is 3.50. The third kappa shape index (κ3) is 3.22. The Morgan fingerprint density at radius 3 is 2.48 bits per heavy atom. The first-order chi connectivity index (χ1) is 13.6. The first-order valence-electron chi connectivity index (χ1n) is 10.6. The number of urea groups is 1. The molecule has 3 aliphatic rings. The van der Waals surface area contributed by atoms with Crippen LogP contribution in [0.4, 0.5) is 4.79 Å². The number of rotatable bonds is 4. The Balaban J connectivity index is 1.54. The van der Waals surface area contributed by atoms with E-state index in [-0.39, 0.29) is 35.2 Å². The zero-order valence-corrected chi connectivity index (χ0v) is 17.8. The number of carbonyl (C=O) groups is 3. The lowest BCUT2D eigenvalue weighted by molar-refractivity contribution is -0.140. The third-order valence-corrected chi connectivity index (χ3v) is 7.00. The fraction of sp³-hybridized carbons (Fsp3) is 0.609. The maximum absolute atomic E-state index is 13.3. The van der Waals surface area contributed by atoms with Gasteiger partial charge in [0.25, 0.3) is 5.91 Å². The minimum absolute atomic E-state index is 0.122. The van der Waals surface area contributed by atoms with Gasteiger partial charge in [-0.2, -0.15) is 0 Å². The van der Waals surface area contributed by atoms with Gasteiger partial charge in [0.05, 0.1) is 0 Å². The van der Waals surface area contributed by atoms with Crippen molar-refractivity contribution >= 4 is 17.8 Å². The van der Waals surface area contributed by atoms with Gasteiger partial charge in [0.2, 0.25) is 5.91 Å². The van der Waals surface area contributed by atoms with Crippen molar-refractivity contribution in [2.45, 2.75) is 65.0 Å². The first kappa shape index (κ1) is 19.9. The normalized spacial score (nSPS) is 33.2. The molecule has 3 fully saturated rings. The lowest BCUT2D eigenvalue weighted by atomic mass is 9.65. The van der Waals surface area contributed by atoms with Gasteiger partial charge in [-0.05, 0) is 42.1 Å². The predicted molar refractivity (Wildman–Crippen MR) is 110 cm³/mol. The fourth-order valence-electron chi connectivity index (χ4n) is 6.11. The number of imide groups is 1. The van der Waals surface area contributed by atoms with Crippen molar-refractivity contribution in [2.24, 2.45) is 10.8 Å². The van der Waals surface area contributed by atoms with Crippen molar-refractivity contribution in [1.29, 1.82) is 0 Å². The van der Waals surface area contributed by atoms with Crippen LogP contribution in [0.1, 0.15) is 58.9 Å². The third-order valence-electron chi connectivity index (χ3n) is 7.00. The minimum Gasteiger partial charge on any atom is -0.338 e.